The summed E-state index contributed by atoms with van der Waals surface area (Å²) >= 11 is 1.67. The van der Waals surface area contributed by atoms with Gasteiger partial charge in [-0.1, -0.05) is 20.8 Å². The molecule has 0 radical (unpaired) electrons. The van der Waals surface area contributed by atoms with Gasteiger partial charge in [0.1, 0.15) is 23.0 Å². The first kappa shape index (κ1) is 15.7. The van der Waals surface area contributed by atoms with E-state index < -0.39 is 0 Å². The van der Waals surface area contributed by atoms with Crippen LogP contribution in [0, 0.1) is 6.92 Å². The summed E-state index contributed by atoms with van der Waals surface area (Å²) in [4.78, 5) is 13.3. The van der Waals surface area contributed by atoms with Gasteiger partial charge in [0.25, 0.3) is 0 Å². The fourth-order valence-electron chi connectivity index (χ4n) is 2.11. The summed E-state index contributed by atoms with van der Waals surface area (Å²) in [5, 5.41) is 9.92. The molecule has 0 saturated carbocycles. The Morgan fingerprint density at radius 3 is 2.48 bits per heavy atom. The lowest BCUT2D eigenvalue weighted by atomic mass is 10.0. The minimum atomic E-state index is 0.353. The van der Waals surface area contributed by atoms with Crippen LogP contribution in [0.2, 0.25) is 0 Å². The lowest BCUT2D eigenvalue weighted by Gasteiger charge is -2.17. The van der Waals surface area contributed by atoms with Crippen LogP contribution in [-0.2, 0) is 6.54 Å². The van der Waals surface area contributed by atoms with Crippen molar-refractivity contribution in [3.8, 4) is 0 Å². The average Bonchev–Trinajstić information content (AvgIpc) is 2.88. The first-order chi connectivity index (χ1) is 10.1. The van der Waals surface area contributed by atoms with E-state index in [1.165, 1.54) is 0 Å². The monoisotopic (exact) mass is 305 g/mol. The molecule has 0 aliphatic rings. The molecule has 0 fully saturated rings. The van der Waals surface area contributed by atoms with Crippen molar-refractivity contribution < 1.29 is 0 Å². The molecular weight excluding hydrogens is 282 g/mol. The zero-order valence-electron chi connectivity index (χ0n) is 13.1. The van der Waals surface area contributed by atoms with Crippen molar-refractivity contribution >= 4 is 23.0 Å². The van der Waals surface area contributed by atoms with Crippen LogP contribution < -0.4 is 10.6 Å². The van der Waals surface area contributed by atoms with Crippen molar-refractivity contribution in [3.63, 3.8) is 0 Å². The predicted molar refractivity (Wildman–Crippen MR) is 89.1 cm³/mol. The molecule has 0 unspecified atom stereocenters. The maximum atomic E-state index is 4.47. The molecule has 2 rings (SSSR count). The van der Waals surface area contributed by atoms with E-state index in [0.29, 0.717) is 12.5 Å². The minimum absolute atomic E-state index is 0.353. The third-order valence-electron chi connectivity index (χ3n) is 3.08. The van der Waals surface area contributed by atoms with Crippen LogP contribution in [0.5, 0.6) is 0 Å². The molecule has 0 aliphatic heterocycles. The van der Waals surface area contributed by atoms with E-state index in [1.54, 1.807) is 17.7 Å². The summed E-state index contributed by atoms with van der Waals surface area (Å²) in [6.07, 6.45) is 2.68. The van der Waals surface area contributed by atoms with Gasteiger partial charge in [-0.15, -0.1) is 11.3 Å². The highest BCUT2D eigenvalue weighted by atomic mass is 32.1. The van der Waals surface area contributed by atoms with E-state index in [9.17, 15) is 0 Å². The summed E-state index contributed by atoms with van der Waals surface area (Å²) in [5.41, 5.74) is 2.20. The molecule has 0 spiro atoms. The molecule has 2 N–H and O–H groups in total. The Kier molecular flexibility index (Phi) is 5.50. The summed E-state index contributed by atoms with van der Waals surface area (Å²) < 4.78 is 0. The van der Waals surface area contributed by atoms with E-state index in [1.807, 2.05) is 6.92 Å². The number of rotatable bonds is 7. The van der Waals surface area contributed by atoms with Gasteiger partial charge in [0.2, 0.25) is 0 Å². The molecule has 114 valence electrons. The van der Waals surface area contributed by atoms with Crippen molar-refractivity contribution in [3.05, 3.63) is 28.0 Å². The lowest BCUT2D eigenvalue weighted by Crippen LogP contribution is -2.11. The summed E-state index contributed by atoms with van der Waals surface area (Å²) in [7, 11) is 0. The number of nitrogens with zero attached hydrogens (tertiary/aromatic N) is 3. The second-order valence-electron chi connectivity index (χ2n) is 5.30. The van der Waals surface area contributed by atoms with E-state index >= 15 is 0 Å². The molecular formula is C15H23N5S. The maximum Gasteiger partial charge on any atom is 0.135 e. The number of anilines is 2. The van der Waals surface area contributed by atoms with Crippen molar-refractivity contribution in [1.82, 2.24) is 15.0 Å². The van der Waals surface area contributed by atoms with E-state index in [4.69, 9.17) is 0 Å². The average molecular weight is 305 g/mol. The number of hydrogen-bond donors (Lipinski definition) is 2. The van der Waals surface area contributed by atoms with Crippen molar-refractivity contribution in [1.29, 1.82) is 0 Å². The highest BCUT2D eigenvalue weighted by Gasteiger charge is 2.14. The number of aryl methyl sites for hydroxylation is 1. The van der Waals surface area contributed by atoms with Crippen molar-refractivity contribution in [2.75, 3.05) is 17.2 Å². The van der Waals surface area contributed by atoms with Gasteiger partial charge in [0.05, 0.1) is 6.54 Å². The fourth-order valence-corrected chi connectivity index (χ4v) is 2.82. The van der Waals surface area contributed by atoms with Gasteiger partial charge in [-0.25, -0.2) is 15.0 Å². The number of hydrogen-bond acceptors (Lipinski definition) is 6. The normalized spacial score (nSPS) is 10.9. The molecule has 21 heavy (non-hydrogen) atoms. The number of nitrogens with one attached hydrogen (secondary N) is 2. The van der Waals surface area contributed by atoms with E-state index in [0.717, 1.165) is 40.9 Å². The van der Waals surface area contributed by atoms with Gasteiger partial charge < -0.3 is 10.6 Å². The molecule has 2 aromatic rings. The van der Waals surface area contributed by atoms with Crippen LogP contribution in [0.4, 0.5) is 11.6 Å². The zero-order chi connectivity index (χ0) is 15.2. The molecule has 0 saturated heterocycles. The molecule has 0 bridgehead atoms. The maximum absolute atomic E-state index is 4.47. The van der Waals surface area contributed by atoms with Crippen LogP contribution in [0.15, 0.2) is 11.7 Å². The van der Waals surface area contributed by atoms with Crippen LogP contribution in [0.25, 0.3) is 0 Å². The van der Waals surface area contributed by atoms with Gasteiger partial charge in [-0.2, -0.15) is 0 Å². The third-order valence-corrected chi connectivity index (χ3v) is 4.04. The standard InChI is InChI=1S/C15H23N5S/c1-5-6-16-14-13(10(2)3)15(19-9-18-14)17-7-12-20-11(4)8-21-12/h8-10H,5-7H2,1-4H3,(H2,16,17,18,19). The van der Waals surface area contributed by atoms with Gasteiger partial charge in [-0.3, -0.25) is 0 Å². The number of aromatic nitrogens is 3. The quantitative estimate of drug-likeness (QED) is 0.814. The molecule has 0 atom stereocenters. The molecule has 0 aliphatic carbocycles. The van der Waals surface area contributed by atoms with Gasteiger partial charge in [-0.05, 0) is 19.3 Å². The minimum Gasteiger partial charge on any atom is -0.370 e. The second-order valence-corrected chi connectivity index (χ2v) is 6.24. The Morgan fingerprint density at radius 1 is 1.19 bits per heavy atom. The SMILES string of the molecule is CCCNc1ncnc(NCc2nc(C)cs2)c1C(C)C. The first-order valence-electron chi connectivity index (χ1n) is 7.35. The lowest BCUT2D eigenvalue weighted by molar-refractivity contribution is 0.838. The molecule has 0 aromatic carbocycles. The zero-order valence-corrected chi connectivity index (χ0v) is 13.9. The summed E-state index contributed by atoms with van der Waals surface area (Å²) in [5.74, 6) is 2.18. The van der Waals surface area contributed by atoms with Crippen molar-refractivity contribution in [2.45, 2.75) is 46.6 Å². The van der Waals surface area contributed by atoms with Crippen LogP contribution in [0.3, 0.4) is 0 Å². The molecule has 0 amide bonds. The van der Waals surface area contributed by atoms with Crippen LogP contribution in [0.1, 0.15) is 49.4 Å². The van der Waals surface area contributed by atoms with Gasteiger partial charge >= 0.3 is 0 Å². The van der Waals surface area contributed by atoms with Crippen LogP contribution >= 0.6 is 11.3 Å². The number of thiazole rings is 1. The largest absolute Gasteiger partial charge is 0.370 e. The third kappa shape index (κ3) is 4.14. The van der Waals surface area contributed by atoms with E-state index in [2.05, 4.69) is 51.7 Å². The molecule has 2 heterocycles. The molecule has 6 heteroatoms. The highest BCUT2D eigenvalue weighted by Crippen LogP contribution is 2.28. The smallest absolute Gasteiger partial charge is 0.135 e. The Morgan fingerprint density at radius 2 is 1.90 bits per heavy atom. The Bertz CT molecular complexity index is 579. The fraction of sp³-hybridized carbons (Fsp3) is 0.533. The molecule has 5 nitrogen and oxygen atoms in total. The highest BCUT2D eigenvalue weighted by molar-refractivity contribution is 7.09. The second kappa shape index (κ2) is 7.36. The van der Waals surface area contributed by atoms with Crippen LogP contribution in [-0.4, -0.2) is 21.5 Å². The first-order valence-corrected chi connectivity index (χ1v) is 8.23. The molecule has 2 aromatic heterocycles. The Hall–Kier alpha value is -1.69. The Balaban J connectivity index is 2.17. The predicted octanol–water partition coefficient (Wildman–Crippen LogP) is 3.80. The topological polar surface area (TPSA) is 62.7 Å². The van der Waals surface area contributed by atoms with Gasteiger partial charge in [0.15, 0.2) is 0 Å². The Labute approximate surface area is 130 Å². The summed E-state index contributed by atoms with van der Waals surface area (Å²) in [6, 6.07) is 0. The van der Waals surface area contributed by atoms with Crippen molar-refractivity contribution in [2.24, 2.45) is 0 Å². The van der Waals surface area contributed by atoms with Gasteiger partial charge in [0, 0.05) is 23.2 Å². The van der Waals surface area contributed by atoms with E-state index in [-0.39, 0.29) is 0 Å². The summed E-state index contributed by atoms with van der Waals surface area (Å²) in [6.45, 7) is 10.1.